The molecule has 0 unspecified atom stereocenters. The minimum Gasteiger partial charge on any atom is -0.478 e. The molecule has 0 aliphatic carbocycles. The maximum absolute atomic E-state index is 10.9. The number of H-pyrrole nitrogens is 1. The van der Waals surface area contributed by atoms with Gasteiger partial charge >= 0.3 is 5.97 Å². The average molecular weight is 246 g/mol. The summed E-state index contributed by atoms with van der Waals surface area (Å²) in [6, 6.07) is 9.03. The molecule has 0 radical (unpaired) electrons. The van der Waals surface area contributed by atoms with Gasteiger partial charge in [0.1, 0.15) is 5.75 Å². The van der Waals surface area contributed by atoms with E-state index in [2.05, 4.69) is 10.2 Å². The van der Waals surface area contributed by atoms with Gasteiger partial charge in [0.05, 0.1) is 5.69 Å². The molecule has 0 spiro atoms. The van der Waals surface area contributed by atoms with E-state index in [0.29, 0.717) is 5.75 Å². The van der Waals surface area contributed by atoms with Crippen LogP contribution in [0.15, 0.2) is 36.5 Å². The van der Waals surface area contributed by atoms with E-state index < -0.39 is 11.6 Å². The van der Waals surface area contributed by atoms with E-state index in [1.54, 1.807) is 18.3 Å². The second-order valence-corrected chi connectivity index (χ2v) is 4.41. The van der Waals surface area contributed by atoms with Crippen molar-refractivity contribution in [3.8, 4) is 17.0 Å². The van der Waals surface area contributed by atoms with Crippen LogP contribution in [0.4, 0.5) is 0 Å². The van der Waals surface area contributed by atoms with Crippen molar-refractivity contribution in [1.29, 1.82) is 0 Å². The summed E-state index contributed by atoms with van der Waals surface area (Å²) in [6.07, 6.45) is 1.67. The zero-order valence-electron chi connectivity index (χ0n) is 10.2. The molecule has 0 atom stereocenters. The molecule has 1 aromatic heterocycles. The Morgan fingerprint density at radius 3 is 2.44 bits per heavy atom. The Morgan fingerprint density at radius 2 is 1.94 bits per heavy atom. The van der Waals surface area contributed by atoms with Gasteiger partial charge in [-0.05, 0) is 49.7 Å². The zero-order valence-corrected chi connectivity index (χ0v) is 10.2. The molecule has 0 aliphatic heterocycles. The van der Waals surface area contributed by atoms with Crippen molar-refractivity contribution in [1.82, 2.24) is 10.2 Å². The van der Waals surface area contributed by atoms with Gasteiger partial charge in [-0.1, -0.05) is 0 Å². The zero-order chi connectivity index (χ0) is 13.2. The number of aromatic amines is 1. The van der Waals surface area contributed by atoms with Crippen molar-refractivity contribution >= 4 is 5.97 Å². The first kappa shape index (κ1) is 12.2. The molecule has 0 fully saturated rings. The molecular formula is C13H14N2O3. The van der Waals surface area contributed by atoms with Crippen molar-refractivity contribution in [2.75, 3.05) is 0 Å². The molecule has 0 aliphatic rings. The lowest BCUT2D eigenvalue weighted by Crippen LogP contribution is -2.37. The van der Waals surface area contributed by atoms with E-state index in [9.17, 15) is 4.79 Å². The van der Waals surface area contributed by atoms with Crippen LogP contribution in [0.5, 0.6) is 5.75 Å². The van der Waals surface area contributed by atoms with Crippen LogP contribution in [0, 0.1) is 0 Å². The number of aromatic nitrogens is 2. The third-order valence-electron chi connectivity index (χ3n) is 2.55. The lowest BCUT2D eigenvalue weighted by atomic mass is 10.1. The lowest BCUT2D eigenvalue weighted by Gasteiger charge is -2.21. The molecule has 1 heterocycles. The summed E-state index contributed by atoms with van der Waals surface area (Å²) in [5, 5.41) is 15.7. The van der Waals surface area contributed by atoms with E-state index in [0.717, 1.165) is 11.3 Å². The van der Waals surface area contributed by atoms with Crippen molar-refractivity contribution in [3.63, 3.8) is 0 Å². The predicted molar refractivity (Wildman–Crippen MR) is 66.4 cm³/mol. The minimum atomic E-state index is -1.24. The van der Waals surface area contributed by atoms with Gasteiger partial charge in [0.2, 0.25) is 0 Å². The number of aliphatic carboxylic acids is 1. The lowest BCUT2D eigenvalue weighted by molar-refractivity contribution is -0.152. The molecule has 2 N–H and O–H groups in total. The maximum atomic E-state index is 10.9. The first-order valence-corrected chi connectivity index (χ1v) is 5.51. The van der Waals surface area contributed by atoms with Gasteiger partial charge in [-0.2, -0.15) is 5.10 Å². The summed E-state index contributed by atoms with van der Waals surface area (Å²) in [7, 11) is 0. The van der Waals surface area contributed by atoms with E-state index in [1.165, 1.54) is 13.8 Å². The van der Waals surface area contributed by atoms with Gasteiger partial charge in [-0.15, -0.1) is 0 Å². The number of hydrogen-bond acceptors (Lipinski definition) is 3. The van der Waals surface area contributed by atoms with Crippen LogP contribution in [-0.2, 0) is 4.79 Å². The van der Waals surface area contributed by atoms with E-state index >= 15 is 0 Å². The SMILES string of the molecule is CC(C)(Oc1ccc(-c2ccn[nH]2)cc1)C(=O)O. The van der Waals surface area contributed by atoms with Crippen molar-refractivity contribution in [3.05, 3.63) is 36.5 Å². The standard InChI is InChI=1S/C13H14N2O3/c1-13(2,12(16)17)18-10-5-3-9(4-6-10)11-7-8-14-15-11/h3-8H,1-2H3,(H,14,15)(H,16,17). The molecule has 5 nitrogen and oxygen atoms in total. The van der Waals surface area contributed by atoms with Crippen LogP contribution >= 0.6 is 0 Å². The number of nitrogens with zero attached hydrogens (tertiary/aromatic N) is 1. The molecule has 2 rings (SSSR count). The molecule has 18 heavy (non-hydrogen) atoms. The van der Waals surface area contributed by atoms with Crippen molar-refractivity contribution in [2.24, 2.45) is 0 Å². The van der Waals surface area contributed by atoms with Gasteiger partial charge in [-0.25, -0.2) is 4.79 Å². The number of ether oxygens (including phenoxy) is 1. The maximum Gasteiger partial charge on any atom is 0.347 e. The van der Waals surface area contributed by atoms with Crippen LogP contribution in [0.3, 0.4) is 0 Å². The average Bonchev–Trinajstić information content (AvgIpc) is 2.83. The monoisotopic (exact) mass is 246 g/mol. The molecule has 94 valence electrons. The fraction of sp³-hybridized carbons (Fsp3) is 0.231. The van der Waals surface area contributed by atoms with Gasteiger partial charge in [-0.3, -0.25) is 5.10 Å². The van der Waals surface area contributed by atoms with Gasteiger partial charge in [0, 0.05) is 6.20 Å². The highest BCUT2D eigenvalue weighted by molar-refractivity contribution is 5.76. The summed E-state index contributed by atoms with van der Waals surface area (Å²) in [5.41, 5.74) is 0.627. The highest BCUT2D eigenvalue weighted by atomic mass is 16.5. The number of benzene rings is 1. The second kappa shape index (κ2) is 4.52. The number of carboxylic acids is 1. The summed E-state index contributed by atoms with van der Waals surface area (Å²) in [5.74, 6) is -0.481. The summed E-state index contributed by atoms with van der Waals surface area (Å²) < 4.78 is 5.41. The van der Waals surface area contributed by atoms with Gasteiger partial charge < -0.3 is 9.84 Å². The van der Waals surface area contributed by atoms with Crippen LogP contribution in [-0.4, -0.2) is 26.9 Å². The predicted octanol–water partition coefficient (Wildman–Crippen LogP) is 2.32. The smallest absolute Gasteiger partial charge is 0.347 e. The first-order valence-electron chi connectivity index (χ1n) is 5.51. The quantitative estimate of drug-likeness (QED) is 0.868. The molecule has 0 bridgehead atoms. The fourth-order valence-electron chi connectivity index (χ4n) is 1.46. The highest BCUT2D eigenvalue weighted by Gasteiger charge is 2.29. The topological polar surface area (TPSA) is 75.2 Å². The van der Waals surface area contributed by atoms with Crippen molar-refractivity contribution < 1.29 is 14.6 Å². The normalized spacial score (nSPS) is 11.2. The summed E-state index contributed by atoms with van der Waals surface area (Å²) in [6.45, 7) is 3.02. The number of nitrogens with one attached hydrogen (secondary N) is 1. The third kappa shape index (κ3) is 2.51. The largest absolute Gasteiger partial charge is 0.478 e. The Kier molecular flexibility index (Phi) is 3.06. The van der Waals surface area contributed by atoms with Crippen molar-refractivity contribution in [2.45, 2.75) is 19.4 Å². The first-order chi connectivity index (χ1) is 8.49. The summed E-state index contributed by atoms with van der Waals surface area (Å²) >= 11 is 0. The second-order valence-electron chi connectivity index (χ2n) is 4.41. The van der Waals surface area contributed by atoms with Crippen LogP contribution < -0.4 is 4.74 Å². The van der Waals surface area contributed by atoms with E-state index in [-0.39, 0.29) is 0 Å². The van der Waals surface area contributed by atoms with Crippen LogP contribution in [0.2, 0.25) is 0 Å². The molecule has 0 saturated carbocycles. The Balaban J connectivity index is 2.16. The fourth-order valence-corrected chi connectivity index (χ4v) is 1.46. The number of hydrogen-bond donors (Lipinski definition) is 2. The minimum absolute atomic E-state index is 0.519. The summed E-state index contributed by atoms with van der Waals surface area (Å²) in [4.78, 5) is 10.9. The van der Waals surface area contributed by atoms with Gasteiger partial charge in [0.25, 0.3) is 0 Å². The molecule has 0 saturated heterocycles. The Bertz CT molecular complexity index is 530. The Labute approximate surface area is 104 Å². The van der Waals surface area contributed by atoms with E-state index in [4.69, 9.17) is 9.84 Å². The molecular weight excluding hydrogens is 232 g/mol. The third-order valence-corrected chi connectivity index (χ3v) is 2.55. The van der Waals surface area contributed by atoms with E-state index in [1.807, 2.05) is 18.2 Å². The van der Waals surface area contributed by atoms with Crippen LogP contribution in [0.25, 0.3) is 11.3 Å². The molecule has 1 aromatic carbocycles. The number of carboxylic acid groups (broad SMARTS) is 1. The highest BCUT2D eigenvalue weighted by Crippen LogP contribution is 2.23. The van der Waals surface area contributed by atoms with Gasteiger partial charge in [0.15, 0.2) is 5.60 Å². The molecule has 5 heteroatoms. The van der Waals surface area contributed by atoms with Crippen LogP contribution in [0.1, 0.15) is 13.8 Å². The molecule has 2 aromatic rings. The molecule has 0 amide bonds. The number of carbonyl (C=O) groups is 1. The number of rotatable bonds is 4. The Hall–Kier alpha value is -2.30. The Morgan fingerprint density at radius 1 is 1.28 bits per heavy atom.